The summed E-state index contributed by atoms with van der Waals surface area (Å²) in [7, 11) is -2.39. The van der Waals surface area contributed by atoms with Crippen LogP contribution in [0.15, 0.2) is 63.6 Å². The van der Waals surface area contributed by atoms with E-state index in [4.69, 9.17) is 4.74 Å². The maximum atomic E-state index is 13.5. The number of amides is 2. The Morgan fingerprint density at radius 1 is 1.15 bits per heavy atom. The van der Waals surface area contributed by atoms with Gasteiger partial charge in [0.1, 0.15) is 6.61 Å². The zero-order valence-corrected chi connectivity index (χ0v) is 24.7. The number of nitrogens with one attached hydrogen (secondary N) is 1. The van der Waals surface area contributed by atoms with Gasteiger partial charge in [-0.25, -0.2) is 17.9 Å². The molecule has 2 amide bonds. The lowest BCUT2D eigenvalue weighted by Gasteiger charge is -2.26. The van der Waals surface area contributed by atoms with Gasteiger partial charge in [-0.05, 0) is 75.0 Å². The van der Waals surface area contributed by atoms with Crippen molar-refractivity contribution in [3.63, 3.8) is 0 Å². The lowest BCUT2D eigenvalue weighted by molar-refractivity contribution is -0.170. The second kappa shape index (κ2) is 13.3. The van der Waals surface area contributed by atoms with Crippen molar-refractivity contribution in [3.8, 4) is 0 Å². The second-order valence-corrected chi connectivity index (χ2v) is 12.3. The van der Waals surface area contributed by atoms with E-state index in [2.05, 4.69) is 36.6 Å². The van der Waals surface area contributed by atoms with Crippen molar-refractivity contribution in [3.05, 3.63) is 74.7 Å². The number of nitrogens with zero attached hydrogens (tertiary/aromatic N) is 2. The average Bonchev–Trinajstić information content (AvgIpc) is 3.34. The number of likely N-dealkylation sites (tertiary alicyclic amines) is 1. The highest BCUT2D eigenvalue weighted by molar-refractivity contribution is 9.11. The number of ether oxygens (including phenoxy) is 1. The summed E-state index contributed by atoms with van der Waals surface area (Å²) in [6.45, 7) is 0.0726. The van der Waals surface area contributed by atoms with Gasteiger partial charge in [-0.3, -0.25) is 9.69 Å². The summed E-state index contributed by atoms with van der Waals surface area (Å²) in [4.78, 5) is 27.0. The van der Waals surface area contributed by atoms with Gasteiger partial charge >= 0.3 is 18.2 Å². The summed E-state index contributed by atoms with van der Waals surface area (Å²) in [5.74, 6) is -2.51. The van der Waals surface area contributed by atoms with Crippen LogP contribution in [0.1, 0.15) is 24.0 Å². The highest BCUT2D eigenvalue weighted by Crippen LogP contribution is 2.38. The van der Waals surface area contributed by atoms with Crippen molar-refractivity contribution in [2.24, 2.45) is 0 Å². The molecule has 1 saturated heterocycles. The molecule has 1 atom stereocenters. The number of anilines is 1. The zero-order valence-electron chi connectivity index (χ0n) is 20.7. The highest BCUT2D eigenvalue weighted by Gasteiger charge is 2.43. The van der Waals surface area contributed by atoms with Crippen LogP contribution in [0, 0.1) is 0 Å². The molecular weight excluding hydrogens is 671 g/mol. The Morgan fingerprint density at radius 2 is 1.79 bits per heavy atom. The molecule has 212 valence electrons. The lowest BCUT2D eigenvalue weighted by Crippen LogP contribution is -2.42. The van der Waals surface area contributed by atoms with Crippen molar-refractivity contribution in [2.45, 2.75) is 37.4 Å². The molecule has 1 fully saturated rings. The molecule has 0 aromatic heterocycles. The van der Waals surface area contributed by atoms with E-state index < -0.39 is 46.5 Å². The minimum Gasteiger partial charge on any atom is -0.445 e. The summed E-state index contributed by atoms with van der Waals surface area (Å²) in [5, 5.41) is 0. The number of hydrogen-bond donors (Lipinski definition) is 1. The smallest absolute Gasteiger partial charge is 0.445 e. The minimum atomic E-state index is -5.17. The number of rotatable bonds is 9. The predicted molar refractivity (Wildman–Crippen MR) is 147 cm³/mol. The number of halogens is 5. The molecule has 1 N–H and O–H groups in total. The summed E-state index contributed by atoms with van der Waals surface area (Å²) < 4.78 is 72.1. The molecule has 2 aromatic carbocycles. The van der Waals surface area contributed by atoms with Crippen molar-refractivity contribution >= 4 is 59.6 Å². The van der Waals surface area contributed by atoms with E-state index in [-0.39, 0.29) is 26.8 Å². The molecule has 3 rings (SSSR count). The van der Waals surface area contributed by atoms with Gasteiger partial charge < -0.3 is 9.64 Å². The SMILES string of the molecule is CNS(=O)(=O)Cc1cc(Br)c(N(CC=CC2CCCN2C(=O)OCc2ccccc2)C(=O)C(F)(F)F)c(Br)c1. The fraction of sp³-hybridized carbons (Fsp3) is 0.360. The molecule has 0 radical (unpaired) electrons. The molecule has 0 bridgehead atoms. The third kappa shape index (κ3) is 8.53. The average molecular weight is 697 g/mol. The molecule has 1 aliphatic rings. The molecule has 2 aromatic rings. The first-order valence-electron chi connectivity index (χ1n) is 11.7. The molecule has 0 saturated carbocycles. The van der Waals surface area contributed by atoms with E-state index in [9.17, 15) is 31.2 Å². The van der Waals surface area contributed by atoms with Gasteiger partial charge in [0.25, 0.3) is 0 Å². The molecule has 0 spiro atoms. The van der Waals surface area contributed by atoms with Gasteiger partial charge in [-0.2, -0.15) is 13.2 Å². The quantitative estimate of drug-likeness (QED) is 0.349. The third-order valence-corrected chi connectivity index (χ3v) is 8.43. The molecule has 14 heteroatoms. The van der Waals surface area contributed by atoms with E-state index >= 15 is 0 Å². The van der Waals surface area contributed by atoms with Crippen molar-refractivity contribution in [2.75, 3.05) is 25.0 Å². The van der Waals surface area contributed by atoms with Crippen LogP contribution in [0.25, 0.3) is 0 Å². The third-order valence-electron chi connectivity index (χ3n) is 5.89. The zero-order chi connectivity index (χ0) is 28.8. The van der Waals surface area contributed by atoms with Gasteiger partial charge in [0.15, 0.2) is 0 Å². The Bertz CT molecular complexity index is 1300. The van der Waals surface area contributed by atoms with Crippen LogP contribution in [0.4, 0.5) is 23.7 Å². The molecule has 39 heavy (non-hydrogen) atoms. The number of alkyl halides is 3. The van der Waals surface area contributed by atoms with Crippen molar-refractivity contribution in [1.82, 2.24) is 9.62 Å². The number of sulfonamides is 1. The number of carbonyl (C=O) groups is 2. The van der Waals surface area contributed by atoms with Crippen LogP contribution >= 0.6 is 31.9 Å². The molecule has 0 aliphatic carbocycles. The Balaban J connectivity index is 1.78. The van der Waals surface area contributed by atoms with E-state index in [1.807, 2.05) is 30.3 Å². The van der Waals surface area contributed by atoms with Gasteiger partial charge in [-0.15, -0.1) is 0 Å². The van der Waals surface area contributed by atoms with Crippen LogP contribution in [-0.2, 0) is 31.9 Å². The van der Waals surface area contributed by atoms with Crippen LogP contribution in [-0.4, -0.2) is 57.7 Å². The normalized spacial score (nSPS) is 16.1. The number of hydrogen-bond acceptors (Lipinski definition) is 5. The van der Waals surface area contributed by atoms with Crippen molar-refractivity contribution in [1.29, 1.82) is 0 Å². The minimum absolute atomic E-state index is 0.0914. The van der Waals surface area contributed by atoms with E-state index in [1.165, 1.54) is 30.2 Å². The van der Waals surface area contributed by atoms with Crippen LogP contribution < -0.4 is 9.62 Å². The van der Waals surface area contributed by atoms with Crippen LogP contribution in [0.5, 0.6) is 0 Å². The first kappa shape index (κ1) is 31.1. The first-order chi connectivity index (χ1) is 18.3. The predicted octanol–water partition coefficient (Wildman–Crippen LogP) is 5.51. The molecule has 8 nitrogen and oxygen atoms in total. The van der Waals surface area contributed by atoms with Gasteiger partial charge in [0.2, 0.25) is 10.0 Å². The maximum Gasteiger partial charge on any atom is 0.471 e. The Kier molecular flexibility index (Phi) is 10.6. The van der Waals surface area contributed by atoms with Crippen LogP contribution in [0.3, 0.4) is 0 Å². The summed E-state index contributed by atoms with van der Waals surface area (Å²) in [5.41, 5.74) is 1.000. The molecular formula is C25H26Br2F3N3O5S. The largest absolute Gasteiger partial charge is 0.471 e. The maximum absolute atomic E-state index is 13.5. The summed E-state index contributed by atoms with van der Waals surface area (Å²) in [6, 6.07) is 11.4. The van der Waals surface area contributed by atoms with E-state index in [0.29, 0.717) is 24.3 Å². The summed E-state index contributed by atoms with van der Waals surface area (Å²) in [6.07, 6.45) is -1.44. The standard InChI is InChI=1S/C25H26Br2F3N3O5S/c1-31-39(36,37)16-18-13-20(26)22(21(27)14-18)33(23(34)25(28,29)30)12-6-10-19-9-5-11-32(19)24(35)38-15-17-7-3-2-4-8-17/h2-4,6-8,10,13-14,19,31H,5,9,11-12,15-16H2,1H3. The van der Waals surface area contributed by atoms with E-state index in [1.54, 1.807) is 6.08 Å². The first-order valence-corrected chi connectivity index (χ1v) is 15.0. The highest BCUT2D eigenvalue weighted by atomic mass is 79.9. The fourth-order valence-electron chi connectivity index (χ4n) is 4.02. The monoisotopic (exact) mass is 695 g/mol. The fourth-order valence-corrected chi connectivity index (χ4v) is 6.48. The lowest BCUT2D eigenvalue weighted by atomic mass is 10.2. The Labute approximate surface area is 241 Å². The molecule has 1 unspecified atom stereocenters. The summed E-state index contributed by atoms with van der Waals surface area (Å²) >= 11 is 6.37. The van der Waals surface area contributed by atoms with Crippen LogP contribution in [0.2, 0.25) is 0 Å². The van der Waals surface area contributed by atoms with Gasteiger partial charge in [-0.1, -0.05) is 42.5 Å². The van der Waals surface area contributed by atoms with Gasteiger partial charge in [0, 0.05) is 22.0 Å². The second-order valence-electron chi connectivity index (χ2n) is 8.66. The topological polar surface area (TPSA) is 96.0 Å². The van der Waals surface area contributed by atoms with E-state index in [0.717, 1.165) is 5.56 Å². The molecule has 1 aliphatic heterocycles. The Hall–Kier alpha value is -2.42. The van der Waals surface area contributed by atoms with Gasteiger partial charge in [0.05, 0.1) is 17.5 Å². The number of benzene rings is 2. The Morgan fingerprint density at radius 3 is 2.38 bits per heavy atom. The molecule has 1 heterocycles. The number of carbonyl (C=O) groups excluding carboxylic acids is 2. The van der Waals surface area contributed by atoms with Crippen molar-refractivity contribution < 1.29 is 35.9 Å².